The Morgan fingerprint density at radius 2 is 1.19 bits per heavy atom. The average molecular weight is 603 g/mol. The molecule has 7 aromatic carbocycles. The molecule has 0 amide bonds. The van der Waals surface area contributed by atoms with Gasteiger partial charge in [-0.3, -0.25) is 4.98 Å². The number of fused-ring (bicyclic) bond motifs is 7. The Bertz CT molecular complexity index is 2560. The summed E-state index contributed by atoms with van der Waals surface area (Å²) >= 11 is 0. The summed E-state index contributed by atoms with van der Waals surface area (Å²) in [6, 6.07) is 45.5. The van der Waals surface area contributed by atoms with Crippen LogP contribution in [0.15, 0.2) is 134 Å². The van der Waals surface area contributed by atoms with Crippen molar-refractivity contribution >= 4 is 49.4 Å². The average Bonchev–Trinajstić information content (AvgIpc) is 3.47. The highest BCUT2D eigenvalue weighted by Gasteiger charge is 2.39. The summed E-state index contributed by atoms with van der Waals surface area (Å²) in [7, 11) is 0. The van der Waals surface area contributed by atoms with E-state index in [1.54, 1.807) is 0 Å². The molecular formula is C45H34N2. The van der Waals surface area contributed by atoms with Gasteiger partial charge in [-0.2, -0.15) is 0 Å². The summed E-state index contributed by atoms with van der Waals surface area (Å²) in [6.07, 6.45) is 3.83. The molecule has 0 unspecified atom stereocenters. The Morgan fingerprint density at radius 3 is 2.02 bits per heavy atom. The van der Waals surface area contributed by atoms with E-state index in [9.17, 15) is 0 Å². The summed E-state index contributed by atoms with van der Waals surface area (Å²) in [4.78, 5) is 6.93. The molecule has 0 spiro atoms. The second kappa shape index (κ2) is 9.08. The minimum absolute atomic E-state index is 0.0304. The first-order valence-electron chi connectivity index (χ1n) is 16.6. The summed E-state index contributed by atoms with van der Waals surface area (Å²) in [5, 5.41) is 8.04. The molecule has 0 saturated heterocycles. The fourth-order valence-corrected chi connectivity index (χ4v) is 8.93. The van der Waals surface area contributed by atoms with Gasteiger partial charge in [0.15, 0.2) is 0 Å². The summed E-state index contributed by atoms with van der Waals surface area (Å²) in [6.45, 7) is 9.46. The number of aromatic nitrogens is 1. The van der Waals surface area contributed by atoms with Crippen molar-refractivity contribution in [2.75, 3.05) is 4.90 Å². The maximum atomic E-state index is 4.56. The minimum Gasteiger partial charge on any atom is -0.309 e. The van der Waals surface area contributed by atoms with Crippen LogP contribution in [0.5, 0.6) is 0 Å². The van der Waals surface area contributed by atoms with Gasteiger partial charge in [0.2, 0.25) is 0 Å². The van der Waals surface area contributed by atoms with Crippen LogP contribution >= 0.6 is 0 Å². The maximum absolute atomic E-state index is 4.56. The van der Waals surface area contributed by atoms with Crippen molar-refractivity contribution in [1.29, 1.82) is 0 Å². The van der Waals surface area contributed by atoms with Gasteiger partial charge < -0.3 is 4.90 Å². The molecule has 224 valence electrons. The lowest BCUT2D eigenvalue weighted by atomic mass is 9.80. The quantitative estimate of drug-likeness (QED) is 0.187. The zero-order valence-corrected chi connectivity index (χ0v) is 27.1. The monoisotopic (exact) mass is 602 g/mol. The van der Waals surface area contributed by atoms with Gasteiger partial charge in [-0.1, -0.05) is 107 Å². The highest BCUT2D eigenvalue weighted by atomic mass is 15.1. The third-order valence-corrected chi connectivity index (χ3v) is 11.3. The fraction of sp³-hybridized carbons (Fsp3) is 0.133. The van der Waals surface area contributed by atoms with Crippen molar-refractivity contribution in [3.8, 4) is 22.3 Å². The lowest BCUT2D eigenvalue weighted by Gasteiger charge is -2.28. The predicted octanol–water partition coefficient (Wildman–Crippen LogP) is 12.1. The smallest absolute Gasteiger partial charge is 0.0644 e. The molecule has 2 nitrogen and oxygen atoms in total. The van der Waals surface area contributed by atoms with E-state index in [0.29, 0.717) is 0 Å². The van der Waals surface area contributed by atoms with Gasteiger partial charge in [0, 0.05) is 28.4 Å². The molecule has 8 aromatic rings. The van der Waals surface area contributed by atoms with E-state index in [2.05, 4.69) is 153 Å². The van der Waals surface area contributed by atoms with E-state index in [4.69, 9.17) is 0 Å². The molecule has 0 fully saturated rings. The van der Waals surface area contributed by atoms with Gasteiger partial charge in [-0.15, -0.1) is 0 Å². The highest BCUT2D eigenvalue weighted by molar-refractivity contribution is 6.26. The standard InChI is InChI=1S/C45H34N2/c1-44(2)37-13-6-5-12-33(37)36-24-30(18-21-38(36)44)47(32-11-8-22-46-26-32)31-17-20-34-39(25-31)45(3,4)40-23-29-15-14-27-9-7-10-28-16-19-35(43(34)40)42(29)41(27)28/h5-26H,1-4H3. The van der Waals surface area contributed by atoms with Crippen LogP contribution < -0.4 is 4.90 Å². The molecule has 0 atom stereocenters. The van der Waals surface area contributed by atoms with Crippen molar-refractivity contribution < 1.29 is 0 Å². The number of benzene rings is 7. The molecule has 0 N–H and O–H groups in total. The number of hydrogen-bond acceptors (Lipinski definition) is 2. The van der Waals surface area contributed by atoms with E-state index >= 15 is 0 Å². The second-order valence-electron chi connectivity index (χ2n) is 14.5. The van der Waals surface area contributed by atoms with Crippen LogP contribution in [0.3, 0.4) is 0 Å². The molecule has 0 radical (unpaired) electrons. The van der Waals surface area contributed by atoms with Crippen LogP contribution in [0.25, 0.3) is 54.6 Å². The molecule has 0 saturated carbocycles. The summed E-state index contributed by atoms with van der Waals surface area (Å²) < 4.78 is 0. The Kier molecular flexibility index (Phi) is 5.16. The predicted molar refractivity (Wildman–Crippen MR) is 198 cm³/mol. The topological polar surface area (TPSA) is 16.1 Å². The van der Waals surface area contributed by atoms with E-state index in [0.717, 1.165) is 17.1 Å². The Labute approximate surface area is 275 Å². The van der Waals surface area contributed by atoms with Gasteiger partial charge in [0.05, 0.1) is 11.9 Å². The van der Waals surface area contributed by atoms with Crippen LogP contribution in [0.1, 0.15) is 49.9 Å². The Balaban J connectivity index is 1.19. The van der Waals surface area contributed by atoms with E-state index in [-0.39, 0.29) is 10.8 Å². The summed E-state index contributed by atoms with van der Waals surface area (Å²) in [5.41, 5.74) is 14.0. The van der Waals surface area contributed by atoms with Crippen molar-refractivity contribution in [2.45, 2.75) is 38.5 Å². The zero-order valence-electron chi connectivity index (χ0n) is 27.1. The number of hydrogen-bond donors (Lipinski definition) is 0. The first-order valence-corrected chi connectivity index (χ1v) is 16.6. The molecule has 0 bridgehead atoms. The third kappa shape index (κ3) is 3.48. The molecule has 2 heteroatoms. The lowest BCUT2D eigenvalue weighted by molar-refractivity contribution is 0.660. The Hall–Kier alpha value is -5.47. The van der Waals surface area contributed by atoms with Crippen LogP contribution in [-0.2, 0) is 10.8 Å². The fourth-order valence-electron chi connectivity index (χ4n) is 8.93. The number of anilines is 3. The van der Waals surface area contributed by atoms with Crippen molar-refractivity contribution in [2.24, 2.45) is 0 Å². The molecule has 10 rings (SSSR count). The van der Waals surface area contributed by atoms with Gasteiger partial charge in [0.1, 0.15) is 0 Å². The zero-order chi connectivity index (χ0) is 31.7. The van der Waals surface area contributed by atoms with Crippen LogP contribution in [0, 0.1) is 0 Å². The van der Waals surface area contributed by atoms with Gasteiger partial charge >= 0.3 is 0 Å². The molecule has 1 heterocycles. The molecule has 2 aliphatic carbocycles. The first kappa shape index (κ1) is 26.7. The lowest BCUT2D eigenvalue weighted by Crippen LogP contribution is -2.17. The van der Waals surface area contributed by atoms with Crippen molar-refractivity contribution in [3.63, 3.8) is 0 Å². The summed E-state index contributed by atoms with van der Waals surface area (Å²) in [5.74, 6) is 0. The molecule has 0 aliphatic heterocycles. The van der Waals surface area contributed by atoms with Gasteiger partial charge in [0.25, 0.3) is 0 Å². The molecule has 47 heavy (non-hydrogen) atoms. The van der Waals surface area contributed by atoms with Crippen LogP contribution in [-0.4, -0.2) is 4.98 Å². The molecule has 2 aliphatic rings. The van der Waals surface area contributed by atoms with E-state index in [1.807, 2.05) is 18.5 Å². The normalized spacial score (nSPS) is 15.1. The number of pyridine rings is 1. The SMILES string of the molecule is CC1(C)c2ccccc2-c2cc(N(c3cccnc3)c3ccc4c(c3)C(C)(C)c3cc5ccc6cccc7ccc(c3-4)c5c67)ccc21. The highest BCUT2D eigenvalue weighted by Crippen LogP contribution is 2.55. The minimum atomic E-state index is -0.160. The van der Waals surface area contributed by atoms with Gasteiger partial charge in [-0.25, -0.2) is 0 Å². The van der Waals surface area contributed by atoms with Gasteiger partial charge in [-0.05, 0) is 119 Å². The van der Waals surface area contributed by atoms with Crippen molar-refractivity contribution in [3.05, 3.63) is 156 Å². The van der Waals surface area contributed by atoms with Crippen LogP contribution in [0.2, 0.25) is 0 Å². The maximum Gasteiger partial charge on any atom is 0.0644 e. The molecular weight excluding hydrogens is 569 g/mol. The third-order valence-electron chi connectivity index (χ3n) is 11.3. The first-order chi connectivity index (χ1) is 22.8. The van der Waals surface area contributed by atoms with Crippen molar-refractivity contribution in [1.82, 2.24) is 4.98 Å². The van der Waals surface area contributed by atoms with Crippen LogP contribution in [0.4, 0.5) is 17.1 Å². The second-order valence-corrected chi connectivity index (χ2v) is 14.5. The van der Waals surface area contributed by atoms with E-state index < -0.39 is 0 Å². The number of rotatable bonds is 3. The van der Waals surface area contributed by atoms with E-state index in [1.165, 1.54) is 76.8 Å². The Morgan fingerprint density at radius 1 is 0.468 bits per heavy atom. The number of nitrogens with zero attached hydrogens (tertiary/aromatic N) is 2. The molecule has 1 aromatic heterocycles. The largest absolute Gasteiger partial charge is 0.309 e.